The number of hydrogen-bond donors (Lipinski definition) is 5. The third-order valence-electron chi connectivity index (χ3n) is 16.7. The Morgan fingerprint density at radius 1 is 1.00 bits per heavy atom. The molecule has 3 aromatic rings. The molecule has 1 aliphatic heterocycles. The number of nitrogens with one attached hydrogen (secondary N) is 1. The first kappa shape index (κ1) is 54.1. The van der Waals surface area contributed by atoms with Crippen molar-refractivity contribution in [3.8, 4) is 11.5 Å². The largest absolute Gasteiger partial charge is 0.508 e. The Labute approximate surface area is 433 Å². The van der Waals surface area contributed by atoms with Gasteiger partial charge >= 0.3 is 6.09 Å². The number of carbonyl (C=O) groups is 4. The van der Waals surface area contributed by atoms with Gasteiger partial charge in [-0.2, -0.15) is 0 Å². The fourth-order valence-electron chi connectivity index (χ4n) is 12.8. The summed E-state index contributed by atoms with van der Waals surface area (Å²) < 4.78 is 24.8. The average molecular weight is 1020 g/mol. The van der Waals surface area contributed by atoms with Gasteiger partial charge in [-0.15, -0.1) is 5.10 Å². The summed E-state index contributed by atoms with van der Waals surface area (Å²) in [6.45, 7) is 10.1. The molecule has 8 rings (SSSR count). The van der Waals surface area contributed by atoms with Crippen molar-refractivity contribution in [2.24, 2.45) is 34.8 Å². The quantitative estimate of drug-likeness (QED) is 0.0930. The topological polar surface area (TPSA) is 235 Å². The molecule has 4 aliphatic carbocycles. The van der Waals surface area contributed by atoms with E-state index in [0.717, 1.165) is 37.9 Å². The Bertz CT molecular complexity index is 2740. The van der Waals surface area contributed by atoms with Crippen molar-refractivity contribution in [1.29, 1.82) is 0 Å². The molecule has 2 heterocycles. The highest BCUT2D eigenvalue weighted by Crippen LogP contribution is 2.65. The maximum atomic E-state index is 14.3. The highest BCUT2D eigenvalue weighted by molar-refractivity contribution is 6.23. The molecule has 3 unspecified atom stereocenters. The smallest absolute Gasteiger partial charge is 0.405 e. The summed E-state index contributed by atoms with van der Waals surface area (Å²) in [5, 5.41) is 44.6. The van der Waals surface area contributed by atoms with Crippen LogP contribution >= 0.6 is 0 Å². The van der Waals surface area contributed by atoms with Crippen LogP contribution in [0.2, 0.25) is 0 Å². The number of Topliss-reactive ketones (excluding diaryl/α,β-unsaturated/α-hetero) is 1. The number of phenolic OH excluding ortho intramolecular Hbond substituents is 1. The highest BCUT2D eigenvalue weighted by Gasteiger charge is 2.57. The lowest BCUT2D eigenvalue weighted by Gasteiger charge is -2.54. The number of amides is 2. The Hall–Kier alpha value is -6.20. The van der Waals surface area contributed by atoms with Crippen molar-refractivity contribution in [1.82, 2.24) is 20.3 Å². The second-order valence-corrected chi connectivity index (χ2v) is 21.6. The minimum absolute atomic E-state index is 0.140. The molecule has 0 saturated heterocycles. The first-order valence-corrected chi connectivity index (χ1v) is 26.1. The number of aryl methyl sites for hydroxylation is 2. The predicted octanol–water partition coefficient (Wildman–Crippen LogP) is 7.42. The molecule has 16 nitrogen and oxygen atoms in total. The van der Waals surface area contributed by atoms with E-state index in [4.69, 9.17) is 24.7 Å². The molecule has 5 aliphatic rings. The van der Waals surface area contributed by atoms with E-state index in [1.54, 1.807) is 43.0 Å². The lowest BCUT2D eigenvalue weighted by Crippen LogP contribution is -2.47. The lowest BCUT2D eigenvalue weighted by molar-refractivity contribution is -0.120. The van der Waals surface area contributed by atoms with Crippen LogP contribution in [0, 0.1) is 29.1 Å². The highest BCUT2D eigenvalue weighted by atomic mass is 16.6. The number of primary amides is 1. The van der Waals surface area contributed by atoms with E-state index in [1.165, 1.54) is 43.1 Å². The molecule has 2 amide bonds. The van der Waals surface area contributed by atoms with Gasteiger partial charge in [0.2, 0.25) is 5.78 Å². The number of allylic oxidation sites excluding steroid dienone is 5. The number of ether oxygens (including phenoxy) is 4. The molecule has 74 heavy (non-hydrogen) atoms. The van der Waals surface area contributed by atoms with Crippen LogP contribution in [0.15, 0.2) is 107 Å². The number of aliphatic hydroxyl groups is 2. The van der Waals surface area contributed by atoms with E-state index in [-0.39, 0.29) is 53.0 Å². The molecule has 2 bridgehead atoms. The fourth-order valence-corrected chi connectivity index (χ4v) is 12.8. The summed E-state index contributed by atoms with van der Waals surface area (Å²) in [4.78, 5) is 53.7. The zero-order valence-electron chi connectivity index (χ0n) is 43.7. The number of nitrogens with zero attached hydrogens (tertiary/aromatic N) is 3. The summed E-state index contributed by atoms with van der Waals surface area (Å²) in [6.07, 6.45) is 10.4. The van der Waals surface area contributed by atoms with Crippen LogP contribution in [0.1, 0.15) is 114 Å². The fraction of sp³-hybridized carbons (Fsp3) is 0.517. The van der Waals surface area contributed by atoms with Gasteiger partial charge in [-0.1, -0.05) is 68.5 Å². The molecule has 12 atom stereocenters. The molecule has 16 heteroatoms. The maximum absolute atomic E-state index is 14.3. The van der Waals surface area contributed by atoms with Gasteiger partial charge < -0.3 is 45.3 Å². The lowest BCUT2D eigenvalue weighted by atomic mass is 9.51. The first-order chi connectivity index (χ1) is 35.4. The van der Waals surface area contributed by atoms with Crippen molar-refractivity contribution >= 4 is 23.6 Å². The number of hydrogen-bond acceptors (Lipinski definition) is 13. The molecule has 2 saturated carbocycles. The summed E-state index contributed by atoms with van der Waals surface area (Å²) >= 11 is 0. The van der Waals surface area contributed by atoms with Gasteiger partial charge in [0.05, 0.1) is 36.2 Å². The van der Waals surface area contributed by atoms with Crippen LogP contribution in [0.25, 0.3) is 0 Å². The standard InChI is InChI=1S/C58H73N5O11/c1-32-25-44-42(48(65)29-47(54(44)68)60-56(69)33(2)9-8-10-49(71-6)55(74-57(59)70)35(4)27-34(3)53(67)50(26-32)72-7)19-14-38-31-63(62-61-38)23-24-73-40-16-11-36(12-17-40)45-30-58(5)46(21-22-51(58)66)43-18-13-37-28-39(64)15-20-41(37)52(43)45/h8-12,15-17,20,27-29,31-32,34,43,45-46,49-53,55,64,66-67H,13-14,18-19,21-26,30H2,1-7H3,(H2,59,70)(H,60,69)/b10-8-,33-9+,35-27+/t32-,34+,43?,45+,46?,49+,50+,51-,52?,53-,55+,58-/m0/s1. The molecule has 6 N–H and O–H groups in total. The summed E-state index contributed by atoms with van der Waals surface area (Å²) in [5.74, 6) is 0.289. The Balaban J connectivity index is 0.941. The van der Waals surface area contributed by atoms with Gasteiger partial charge in [-0.3, -0.25) is 14.4 Å². The number of aromatic nitrogens is 3. The van der Waals surface area contributed by atoms with Crippen molar-refractivity contribution in [2.75, 3.05) is 20.8 Å². The van der Waals surface area contributed by atoms with Crippen molar-refractivity contribution in [2.45, 2.75) is 141 Å². The third kappa shape index (κ3) is 11.7. The van der Waals surface area contributed by atoms with E-state index in [0.29, 0.717) is 66.3 Å². The molecule has 0 spiro atoms. The Morgan fingerprint density at radius 2 is 1.77 bits per heavy atom. The number of carbonyl (C=O) groups excluding carboxylic acids is 4. The number of benzene rings is 2. The van der Waals surface area contributed by atoms with E-state index in [1.807, 2.05) is 38.1 Å². The molecule has 2 aromatic carbocycles. The molecular formula is C58H73N5O11. The zero-order valence-corrected chi connectivity index (χ0v) is 43.7. The van der Waals surface area contributed by atoms with E-state index >= 15 is 0 Å². The van der Waals surface area contributed by atoms with Crippen LogP contribution in [0.3, 0.4) is 0 Å². The van der Waals surface area contributed by atoms with Crippen molar-refractivity contribution < 1.29 is 53.4 Å². The number of rotatable bonds is 11. The van der Waals surface area contributed by atoms with Crippen LogP contribution in [0.5, 0.6) is 11.5 Å². The third-order valence-corrected chi connectivity index (χ3v) is 16.7. The minimum Gasteiger partial charge on any atom is -0.508 e. The van der Waals surface area contributed by atoms with Gasteiger partial charge in [0.1, 0.15) is 24.2 Å². The number of aliphatic hydroxyl groups excluding tert-OH is 2. The Morgan fingerprint density at radius 3 is 2.50 bits per heavy atom. The molecule has 396 valence electrons. The van der Waals surface area contributed by atoms with Gasteiger partial charge in [0.25, 0.3) is 5.91 Å². The van der Waals surface area contributed by atoms with Crippen molar-refractivity contribution in [3.63, 3.8) is 0 Å². The van der Waals surface area contributed by atoms with Gasteiger partial charge in [0, 0.05) is 49.1 Å². The van der Waals surface area contributed by atoms with Crippen LogP contribution in [-0.2, 0) is 48.0 Å². The number of phenols is 1. The van der Waals surface area contributed by atoms with Crippen molar-refractivity contribution in [3.05, 3.63) is 129 Å². The first-order valence-electron chi connectivity index (χ1n) is 26.1. The van der Waals surface area contributed by atoms with E-state index < -0.39 is 53.9 Å². The predicted molar refractivity (Wildman–Crippen MR) is 277 cm³/mol. The number of fused-ring (bicyclic) bond motifs is 7. The number of aromatic hydroxyl groups is 1. The second kappa shape index (κ2) is 23.1. The Kier molecular flexibility index (Phi) is 16.9. The number of nitrogens with two attached hydrogens (primary N) is 1. The summed E-state index contributed by atoms with van der Waals surface area (Å²) in [5.41, 5.74) is 11.0. The summed E-state index contributed by atoms with van der Waals surface area (Å²) in [7, 11) is 2.94. The molecule has 1 aromatic heterocycles. The van der Waals surface area contributed by atoms with E-state index in [2.05, 4.69) is 40.8 Å². The van der Waals surface area contributed by atoms with Gasteiger partial charge in [-0.25, -0.2) is 9.48 Å². The zero-order chi connectivity index (χ0) is 53.0. The monoisotopic (exact) mass is 1020 g/mol. The SMILES string of the molecule is CO[C@@H]1/C=C\C=C(/C)C(=O)NC2=CC(=O)C(CCc3cn(CCOc4ccc([C@H]5C[C@@]6(C)C(CC[C@@H]6O)C6CCc7cc(O)ccc7C65)cc4)nn3)=C(C[C@H](C)C[C@@H](OC)[C@@H](O)[C@H](C)/C=C(\C)[C@H]1OC(N)=O)C2=O. The average Bonchev–Trinajstić information content (AvgIpc) is 3.96. The van der Waals surface area contributed by atoms with Gasteiger partial charge in [-0.05, 0) is 153 Å². The minimum atomic E-state index is -1.01. The molecular weight excluding hydrogens is 943 g/mol. The molecule has 0 radical (unpaired) electrons. The van der Waals surface area contributed by atoms with Crippen LogP contribution in [0.4, 0.5) is 4.79 Å². The van der Waals surface area contributed by atoms with E-state index in [9.17, 15) is 34.5 Å². The van der Waals surface area contributed by atoms with Crippen LogP contribution < -0.4 is 15.8 Å². The number of ketones is 2. The summed E-state index contributed by atoms with van der Waals surface area (Å²) in [6, 6.07) is 14.2. The normalized spacial score (nSPS) is 32.7. The number of methoxy groups -OCH3 is 2. The van der Waals surface area contributed by atoms with Crippen LogP contribution in [-0.4, -0.2) is 105 Å². The second-order valence-electron chi connectivity index (χ2n) is 21.6. The van der Waals surface area contributed by atoms with Gasteiger partial charge in [0.15, 0.2) is 11.9 Å². The maximum Gasteiger partial charge on any atom is 0.405 e. The molecule has 2 fully saturated rings.